The Labute approximate surface area is 174 Å². The van der Waals surface area contributed by atoms with E-state index in [2.05, 4.69) is 16.4 Å². The number of Topliss-reactive ketones (excluding diaryl/α,β-unsaturated/α-hetero) is 1. The maximum absolute atomic E-state index is 13.6. The lowest BCUT2D eigenvalue weighted by molar-refractivity contribution is 0.0643. The van der Waals surface area contributed by atoms with Gasteiger partial charge in [0.25, 0.3) is 0 Å². The fraction of sp³-hybridized carbons (Fsp3) is 0.318. The number of carbonyl (C=O) groups excluding carboxylic acids is 1. The second-order valence-electron chi connectivity index (χ2n) is 8.21. The molecule has 1 unspecified atom stereocenters. The van der Waals surface area contributed by atoms with Gasteiger partial charge in [0.1, 0.15) is 5.75 Å². The third kappa shape index (κ3) is 2.95. The van der Waals surface area contributed by atoms with Crippen LogP contribution in [0.25, 0.3) is 10.9 Å². The van der Waals surface area contributed by atoms with E-state index in [0.717, 1.165) is 53.7 Å². The van der Waals surface area contributed by atoms with E-state index in [9.17, 15) is 14.8 Å². The predicted molar refractivity (Wildman–Crippen MR) is 115 cm³/mol. The number of fused-ring (bicyclic) bond motifs is 3. The largest absolute Gasteiger partial charge is 0.488 e. The molecule has 2 aliphatic heterocycles. The maximum Gasteiger partial charge on any atom is 0.488 e. The van der Waals surface area contributed by atoms with Crippen LogP contribution in [0, 0.1) is 0 Å². The molecule has 0 saturated carbocycles. The highest BCUT2D eigenvalue weighted by Gasteiger charge is 2.53. The summed E-state index contributed by atoms with van der Waals surface area (Å²) in [7, 11) is -1.55. The molecular weight excluding hydrogens is 381 g/mol. The van der Waals surface area contributed by atoms with Crippen molar-refractivity contribution < 1.29 is 19.6 Å². The number of hydrogen-bond acceptors (Lipinski definition) is 6. The van der Waals surface area contributed by atoms with Gasteiger partial charge in [-0.05, 0) is 60.5 Å². The van der Waals surface area contributed by atoms with E-state index in [1.165, 1.54) is 0 Å². The summed E-state index contributed by atoms with van der Waals surface area (Å²) in [6.07, 6.45) is 1.01. The van der Waals surface area contributed by atoms with Gasteiger partial charge in [-0.3, -0.25) is 4.79 Å². The molecule has 2 aliphatic rings. The molecule has 8 heteroatoms. The zero-order valence-corrected chi connectivity index (χ0v) is 16.5. The molecule has 3 heterocycles. The number of aromatic nitrogens is 1. The minimum Gasteiger partial charge on any atom is -0.481 e. The van der Waals surface area contributed by atoms with E-state index in [1.54, 1.807) is 24.3 Å². The summed E-state index contributed by atoms with van der Waals surface area (Å²) in [4.78, 5) is 16.8. The molecule has 30 heavy (non-hydrogen) atoms. The van der Waals surface area contributed by atoms with Gasteiger partial charge < -0.3 is 30.8 Å². The molecule has 1 saturated heterocycles. The molecule has 1 aromatic heterocycles. The maximum atomic E-state index is 13.6. The topological polar surface area (TPSA) is 121 Å². The number of nitrogens with two attached hydrogens (primary N) is 1. The summed E-state index contributed by atoms with van der Waals surface area (Å²) in [6.45, 7) is 2.09. The van der Waals surface area contributed by atoms with Gasteiger partial charge in [-0.2, -0.15) is 0 Å². The lowest BCUT2D eigenvalue weighted by Crippen LogP contribution is -2.50. The highest BCUT2D eigenvalue weighted by atomic mass is 16.5. The average Bonchev–Trinajstić information content (AvgIpc) is 3.33. The quantitative estimate of drug-likeness (QED) is 0.320. The summed E-state index contributed by atoms with van der Waals surface area (Å²) in [5.41, 5.74) is 9.20. The van der Waals surface area contributed by atoms with Crippen molar-refractivity contribution in [2.45, 2.75) is 30.9 Å². The van der Waals surface area contributed by atoms with Crippen LogP contribution >= 0.6 is 0 Å². The van der Waals surface area contributed by atoms with Gasteiger partial charge in [0.05, 0.1) is 5.69 Å². The first-order valence-electron chi connectivity index (χ1n) is 10.3. The van der Waals surface area contributed by atoms with Crippen molar-refractivity contribution in [1.29, 1.82) is 0 Å². The predicted octanol–water partition coefficient (Wildman–Crippen LogP) is 0.571. The molecule has 154 valence electrons. The second kappa shape index (κ2) is 7.25. The van der Waals surface area contributed by atoms with Crippen LogP contribution < -0.4 is 21.3 Å². The van der Waals surface area contributed by atoms with Crippen molar-refractivity contribution >= 4 is 29.3 Å². The Bertz CT molecular complexity index is 1120. The van der Waals surface area contributed by atoms with E-state index in [-0.39, 0.29) is 11.2 Å². The van der Waals surface area contributed by atoms with Crippen LogP contribution in [-0.2, 0) is 12.0 Å². The molecular formula is C22H24BN3O4. The number of ether oxygens (including phenoxy) is 1. The highest BCUT2D eigenvalue weighted by molar-refractivity contribution is 6.58. The number of carbonyl (C=O) groups is 1. The number of rotatable bonds is 4. The smallest absolute Gasteiger partial charge is 0.481 e. The zero-order valence-electron chi connectivity index (χ0n) is 16.5. The Kier molecular flexibility index (Phi) is 4.67. The van der Waals surface area contributed by atoms with Gasteiger partial charge in [-0.1, -0.05) is 24.3 Å². The number of H-pyrrole nitrogens is 1. The molecule has 6 N–H and O–H groups in total. The lowest BCUT2D eigenvalue weighted by atomic mass is 9.68. The monoisotopic (exact) mass is 405 g/mol. The first kappa shape index (κ1) is 19.3. The molecule has 1 fully saturated rings. The highest BCUT2D eigenvalue weighted by Crippen LogP contribution is 2.49. The summed E-state index contributed by atoms with van der Waals surface area (Å²) < 4.78 is 6.26. The second-order valence-corrected chi connectivity index (χ2v) is 8.21. The van der Waals surface area contributed by atoms with Gasteiger partial charge in [0.15, 0.2) is 6.10 Å². The molecule has 3 aromatic rings. The third-order valence-electron chi connectivity index (χ3n) is 6.51. The van der Waals surface area contributed by atoms with E-state index >= 15 is 0 Å². The van der Waals surface area contributed by atoms with Crippen LogP contribution in [0.5, 0.6) is 5.75 Å². The molecule has 0 bridgehead atoms. The Morgan fingerprint density at radius 2 is 1.97 bits per heavy atom. The first-order chi connectivity index (χ1) is 14.5. The fourth-order valence-electron chi connectivity index (χ4n) is 4.87. The van der Waals surface area contributed by atoms with Crippen molar-refractivity contribution in [3.8, 4) is 5.75 Å². The molecule has 1 atom stereocenters. The van der Waals surface area contributed by atoms with E-state index < -0.39 is 13.2 Å². The van der Waals surface area contributed by atoms with Gasteiger partial charge >= 0.3 is 7.12 Å². The molecule has 0 amide bonds. The number of benzene rings is 2. The van der Waals surface area contributed by atoms with E-state index in [0.29, 0.717) is 17.7 Å². The summed E-state index contributed by atoms with van der Waals surface area (Å²) >= 11 is 0. The number of nitrogens with one attached hydrogen (secondary N) is 2. The average molecular weight is 405 g/mol. The van der Waals surface area contributed by atoms with Gasteiger partial charge in [-0.15, -0.1) is 0 Å². The van der Waals surface area contributed by atoms with Crippen LogP contribution in [0.2, 0.25) is 0 Å². The SMILES string of the molecule is NCc1ccc2c(c1)C1(CCNCC1)C(C(=O)c1cc3cc(B(O)O)ccc3[nH]1)O2. The normalized spacial score (nSPS) is 19.6. The lowest BCUT2D eigenvalue weighted by Gasteiger charge is -2.37. The molecule has 7 nitrogen and oxygen atoms in total. The van der Waals surface area contributed by atoms with Crippen LogP contribution in [0.3, 0.4) is 0 Å². The standard InChI is InChI=1S/C22H24BN3O4/c24-12-13-1-4-19-16(9-13)22(5-7-25-8-6-22)21(30-19)20(27)18-11-14-10-15(23(28)29)2-3-17(14)26-18/h1-4,9-11,21,25-26,28-29H,5-8,12,24H2. The van der Waals surface area contributed by atoms with Crippen molar-refractivity contribution in [2.75, 3.05) is 13.1 Å². The molecule has 2 aromatic carbocycles. The Hall–Kier alpha value is -2.65. The van der Waals surface area contributed by atoms with E-state index in [1.807, 2.05) is 12.1 Å². The Morgan fingerprint density at radius 1 is 1.17 bits per heavy atom. The number of ketones is 1. The Morgan fingerprint density at radius 3 is 2.70 bits per heavy atom. The van der Waals surface area contributed by atoms with Gasteiger partial charge in [0, 0.05) is 23.0 Å². The van der Waals surface area contributed by atoms with Crippen LogP contribution in [0.1, 0.15) is 34.5 Å². The summed E-state index contributed by atoms with van der Waals surface area (Å²) in [5.74, 6) is 0.666. The number of aromatic amines is 1. The molecule has 0 aliphatic carbocycles. The fourth-order valence-corrected chi connectivity index (χ4v) is 4.87. The van der Waals surface area contributed by atoms with Gasteiger partial charge in [-0.25, -0.2) is 0 Å². The van der Waals surface area contributed by atoms with Crippen LogP contribution in [0.4, 0.5) is 0 Å². The minimum atomic E-state index is -1.55. The first-order valence-corrected chi connectivity index (χ1v) is 10.3. The van der Waals surface area contributed by atoms with Crippen molar-refractivity contribution in [2.24, 2.45) is 5.73 Å². The van der Waals surface area contributed by atoms with Gasteiger partial charge in [0.2, 0.25) is 5.78 Å². The zero-order chi connectivity index (χ0) is 20.9. The van der Waals surface area contributed by atoms with Crippen molar-refractivity contribution in [3.63, 3.8) is 0 Å². The van der Waals surface area contributed by atoms with Crippen LogP contribution in [0.15, 0.2) is 42.5 Å². The number of piperidine rings is 1. The Balaban J connectivity index is 1.55. The summed E-state index contributed by atoms with van der Waals surface area (Å²) in [5, 5.41) is 23.0. The van der Waals surface area contributed by atoms with Crippen LogP contribution in [-0.4, -0.2) is 47.1 Å². The summed E-state index contributed by atoms with van der Waals surface area (Å²) in [6, 6.07) is 12.8. The minimum absolute atomic E-state index is 0.0929. The molecule has 0 radical (unpaired) electrons. The molecule has 1 spiro atoms. The third-order valence-corrected chi connectivity index (χ3v) is 6.51. The van der Waals surface area contributed by atoms with Crippen molar-refractivity contribution in [3.05, 3.63) is 59.3 Å². The van der Waals surface area contributed by atoms with Crippen molar-refractivity contribution in [1.82, 2.24) is 10.3 Å². The number of hydrogen-bond donors (Lipinski definition) is 5. The van der Waals surface area contributed by atoms with E-state index in [4.69, 9.17) is 10.5 Å². The molecule has 5 rings (SSSR count).